The summed E-state index contributed by atoms with van der Waals surface area (Å²) in [6.45, 7) is 32.0. The van der Waals surface area contributed by atoms with Gasteiger partial charge in [0.25, 0.3) is 0 Å². The molecule has 0 atom stereocenters. The van der Waals surface area contributed by atoms with Crippen LogP contribution >= 0.6 is 17.0 Å². The summed E-state index contributed by atoms with van der Waals surface area (Å²) in [5.41, 5.74) is 8.53. The quantitative estimate of drug-likeness (QED) is 0.121. The van der Waals surface area contributed by atoms with Crippen molar-refractivity contribution in [1.82, 2.24) is 0 Å². The summed E-state index contributed by atoms with van der Waals surface area (Å²) in [4.78, 5) is 0. The normalized spacial score (nSPS) is 12.2. The van der Waals surface area contributed by atoms with Crippen molar-refractivity contribution in [2.45, 2.75) is 119 Å². The Balaban J connectivity index is 0.000000175. The van der Waals surface area contributed by atoms with E-state index in [0.717, 1.165) is 0 Å². The van der Waals surface area contributed by atoms with Crippen LogP contribution in [0, 0.1) is 13.8 Å². The molecule has 0 aliphatic heterocycles. The fourth-order valence-corrected chi connectivity index (χ4v) is 22.2. The van der Waals surface area contributed by atoms with E-state index in [2.05, 4.69) is 194 Å². The molecule has 0 heterocycles. The third kappa shape index (κ3) is 10.9. The topological polar surface area (TPSA) is 0 Å². The van der Waals surface area contributed by atoms with Gasteiger partial charge in [-0.25, -0.2) is 0 Å². The molecule has 6 rings (SSSR count). The molecule has 276 valence electrons. The van der Waals surface area contributed by atoms with E-state index in [4.69, 9.17) is 17.0 Å². The fourth-order valence-electron chi connectivity index (χ4n) is 6.91. The van der Waals surface area contributed by atoms with E-state index in [1.807, 2.05) is 12.1 Å². The molecule has 6 aromatic rings. The van der Waals surface area contributed by atoms with Crippen LogP contribution in [0.2, 0.25) is 0 Å². The van der Waals surface area contributed by atoms with Gasteiger partial charge in [-0.1, -0.05) is 119 Å². The molecule has 0 saturated carbocycles. The SMILES string of the molecule is Cc1cc2cc(C(C)(C)C)c(C(C)(C)C)cc2[cH-]1.Cc1cc2cc(C(C)(C)C)c(C(C)(C)C)cc2[cH-]1.[Cl][Zr]([Cl])=[Si](c1ccccc1)c1ccccc1. The number of benzene rings is 4. The molecule has 0 aliphatic carbocycles. The summed E-state index contributed by atoms with van der Waals surface area (Å²) in [6.07, 6.45) is 0. The molecule has 0 saturated heterocycles. The van der Waals surface area contributed by atoms with Crippen LogP contribution in [0.1, 0.15) is 116 Å². The predicted octanol–water partition coefficient (Wildman–Crippen LogP) is 13.6. The second-order valence-corrected chi connectivity index (χ2v) is 37.7. The average molecular weight is 827 g/mol. The van der Waals surface area contributed by atoms with Crippen LogP contribution in [-0.4, -0.2) is 5.43 Å². The van der Waals surface area contributed by atoms with Gasteiger partial charge in [0.2, 0.25) is 0 Å². The van der Waals surface area contributed by atoms with Crippen molar-refractivity contribution in [3.63, 3.8) is 0 Å². The summed E-state index contributed by atoms with van der Waals surface area (Å²) < 4.78 is 0. The maximum atomic E-state index is 6.32. The van der Waals surface area contributed by atoms with E-state index in [0.29, 0.717) is 0 Å². The van der Waals surface area contributed by atoms with Gasteiger partial charge in [-0.3, -0.25) is 0 Å². The van der Waals surface area contributed by atoms with Crippen LogP contribution in [-0.2, 0) is 39.6 Å². The van der Waals surface area contributed by atoms with Crippen molar-refractivity contribution in [3.05, 3.63) is 143 Å². The summed E-state index contributed by atoms with van der Waals surface area (Å²) >= 11 is -2.26. The average Bonchev–Trinajstić information content (AvgIpc) is 3.59. The van der Waals surface area contributed by atoms with Crippen molar-refractivity contribution in [2.24, 2.45) is 0 Å². The molecule has 0 amide bonds. The van der Waals surface area contributed by atoms with Crippen molar-refractivity contribution >= 4 is 54.4 Å². The van der Waals surface area contributed by atoms with Gasteiger partial charge in [0.1, 0.15) is 0 Å². The maximum absolute atomic E-state index is 6.32. The minimum atomic E-state index is -2.26. The number of halogens is 2. The van der Waals surface area contributed by atoms with E-state index in [1.165, 1.54) is 65.3 Å². The molecular weight excluding hydrogens is 767 g/mol. The number of hydrogen-bond donors (Lipinski definition) is 0. The zero-order valence-electron chi connectivity index (χ0n) is 34.1. The number of hydrogen-bond acceptors (Lipinski definition) is 0. The first kappa shape index (κ1) is 42.5. The molecule has 0 spiro atoms. The summed E-state index contributed by atoms with van der Waals surface area (Å²) in [5.74, 6) is 0. The number of fused-ring (bicyclic) bond motifs is 2. The molecule has 0 bridgehead atoms. The molecule has 0 aliphatic rings. The van der Waals surface area contributed by atoms with Gasteiger partial charge >= 0.3 is 111 Å². The van der Waals surface area contributed by atoms with E-state index >= 15 is 0 Å². The predicted molar refractivity (Wildman–Crippen MR) is 233 cm³/mol. The first-order valence-electron chi connectivity index (χ1n) is 18.6. The van der Waals surface area contributed by atoms with E-state index in [9.17, 15) is 0 Å². The monoisotopic (exact) mass is 824 g/mol. The first-order valence-corrected chi connectivity index (χ1v) is 30.1. The second kappa shape index (κ2) is 16.7. The van der Waals surface area contributed by atoms with Gasteiger partial charge in [-0.05, 0) is 21.7 Å². The van der Waals surface area contributed by atoms with Crippen LogP contribution in [0.5, 0.6) is 0 Å². The Morgan fingerprint density at radius 3 is 1.00 bits per heavy atom. The van der Waals surface area contributed by atoms with Crippen LogP contribution < -0.4 is 10.4 Å². The summed E-state index contributed by atoms with van der Waals surface area (Å²) in [7, 11) is 12.6. The van der Waals surface area contributed by atoms with E-state index in [1.54, 1.807) is 0 Å². The number of aryl methyl sites for hydroxylation is 2. The first-order chi connectivity index (χ1) is 24.0. The molecule has 4 heteroatoms. The molecule has 0 radical (unpaired) electrons. The Kier molecular flexibility index (Phi) is 13.6. The molecule has 0 nitrogen and oxygen atoms in total. The van der Waals surface area contributed by atoms with Crippen molar-refractivity contribution in [2.75, 3.05) is 0 Å². The van der Waals surface area contributed by atoms with E-state index < -0.39 is 23.4 Å². The van der Waals surface area contributed by atoms with Gasteiger partial charge < -0.3 is 0 Å². The van der Waals surface area contributed by atoms with Crippen molar-refractivity contribution in [1.29, 1.82) is 0 Å². The Bertz CT molecular complexity index is 1880. The zero-order valence-corrected chi connectivity index (χ0v) is 39.1. The Morgan fingerprint density at radius 1 is 0.442 bits per heavy atom. The van der Waals surface area contributed by atoms with Gasteiger partial charge in [0.15, 0.2) is 0 Å². The molecule has 0 fully saturated rings. The molecule has 0 aromatic heterocycles. The minimum absolute atomic E-state index is 0.196. The van der Waals surface area contributed by atoms with Gasteiger partial charge in [0, 0.05) is 0 Å². The van der Waals surface area contributed by atoms with Gasteiger partial charge in [0.05, 0.1) is 0 Å². The second-order valence-electron chi connectivity index (χ2n) is 18.5. The van der Waals surface area contributed by atoms with Crippen molar-refractivity contribution in [3.8, 4) is 0 Å². The summed E-state index contributed by atoms with van der Waals surface area (Å²) in [6, 6.07) is 39.6. The fraction of sp³-hybridized carbons (Fsp3) is 0.375. The Morgan fingerprint density at radius 2 is 0.731 bits per heavy atom. The molecule has 0 N–H and O–H groups in total. The third-order valence-corrected chi connectivity index (χ3v) is 25.5. The zero-order chi connectivity index (χ0) is 38.8. The van der Waals surface area contributed by atoms with Crippen LogP contribution in [0.25, 0.3) is 21.5 Å². The molecule has 52 heavy (non-hydrogen) atoms. The van der Waals surface area contributed by atoms with Crippen LogP contribution in [0.15, 0.2) is 109 Å². The number of rotatable bonds is 2. The van der Waals surface area contributed by atoms with Gasteiger partial charge in [-0.2, -0.15) is 12.1 Å². The van der Waals surface area contributed by atoms with Crippen molar-refractivity contribution < 1.29 is 18.0 Å². The third-order valence-electron chi connectivity index (χ3n) is 9.53. The molecule has 6 aromatic carbocycles. The van der Waals surface area contributed by atoms with Crippen LogP contribution in [0.4, 0.5) is 0 Å². The van der Waals surface area contributed by atoms with E-state index in [-0.39, 0.29) is 21.7 Å². The summed E-state index contributed by atoms with van der Waals surface area (Å²) in [5, 5.41) is 8.18. The standard InChI is InChI=1S/2C18H25.C12H10Si.2ClH.Zr/c2*1-12-8-13-10-15(17(2,3)4)16(18(5,6)7)11-14(13)9-12;1-3-7-11(8-4-1)13-12-9-5-2-6-10-12;;;/h2*8-11H,1-7H3;1-10H;2*1H;/q2*-1;;;;+2/p-2. The molecule has 0 unspecified atom stereocenters. The van der Waals surface area contributed by atoms with Crippen LogP contribution in [0.3, 0.4) is 0 Å². The van der Waals surface area contributed by atoms with Gasteiger partial charge in [-0.15, -0.1) is 69.1 Å². The Hall–Kier alpha value is -2.22. The Labute approximate surface area is 331 Å². The molecular formula is C48H60Cl2SiZr-2.